The number of methoxy groups -OCH3 is 1. The molecule has 2 heterocycles. The number of anilines is 1. The maximum absolute atomic E-state index is 11.4. The van der Waals surface area contributed by atoms with Crippen LogP contribution in [0.5, 0.6) is 5.75 Å². The van der Waals surface area contributed by atoms with Gasteiger partial charge in [0.1, 0.15) is 6.33 Å². The fraction of sp³-hybridized carbons (Fsp3) is 0.294. The lowest BCUT2D eigenvalue weighted by atomic mass is 10.1. The number of rotatable bonds is 8. The summed E-state index contributed by atoms with van der Waals surface area (Å²) in [5.41, 5.74) is 1.74. The number of aryl methyl sites for hydroxylation is 1. The zero-order valence-corrected chi connectivity index (χ0v) is 16.4. The number of thioether (sulfide) groups is 1. The SMILES string of the molecule is COc1c(NCCc2nc(SC)nnc2C(=O)O)cccc1-c1ncn(C)n1. The predicted molar refractivity (Wildman–Crippen MR) is 104 cm³/mol. The Morgan fingerprint density at radius 3 is 2.82 bits per heavy atom. The van der Waals surface area contributed by atoms with Gasteiger partial charge in [-0.3, -0.25) is 4.68 Å². The van der Waals surface area contributed by atoms with E-state index in [9.17, 15) is 9.90 Å². The Morgan fingerprint density at radius 1 is 1.36 bits per heavy atom. The standard InChI is InChI=1S/C17H19N7O3S/c1-24-9-19-15(23-24)10-5-4-6-12(14(10)27-2)18-8-7-11-13(16(25)26)21-22-17(20-11)28-3/h4-6,9,18H,7-8H2,1-3H3,(H,25,26). The monoisotopic (exact) mass is 401 g/mol. The molecular formula is C17H19N7O3S. The third-order valence-electron chi connectivity index (χ3n) is 3.86. The molecule has 0 amide bonds. The highest BCUT2D eigenvalue weighted by Gasteiger charge is 2.17. The average Bonchev–Trinajstić information content (AvgIpc) is 3.13. The van der Waals surface area contributed by atoms with Gasteiger partial charge in [-0.25, -0.2) is 14.8 Å². The van der Waals surface area contributed by atoms with E-state index in [2.05, 4.69) is 30.6 Å². The third-order valence-corrected chi connectivity index (χ3v) is 4.40. The van der Waals surface area contributed by atoms with E-state index in [0.717, 1.165) is 11.3 Å². The Hall–Kier alpha value is -3.21. The van der Waals surface area contributed by atoms with Crippen LogP contribution in [-0.4, -0.2) is 60.9 Å². The Bertz CT molecular complexity index is 993. The lowest BCUT2D eigenvalue weighted by molar-refractivity contribution is 0.0686. The van der Waals surface area contributed by atoms with Crippen molar-refractivity contribution < 1.29 is 14.6 Å². The first-order chi connectivity index (χ1) is 13.5. The van der Waals surface area contributed by atoms with Crippen LogP contribution in [0.15, 0.2) is 29.7 Å². The number of carboxylic acids is 1. The van der Waals surface area contributed by atoms with Crippen molar-refractivity contribution >= 4 is 23.4 Å². The van der Waals surface area contributed by atoms with Crippen LogP contribution >= 0.6 is 11.8 Å². The summed E-state index contributed by atoms with van der Waals surface area (Å²) in [6.07, 6.45) is 3.79. The molecule has 2 aromatic heterocycles. The first kappa shape index (κ1) is 19.5. The smallest absolute Gasteiger partial charge is 0.358 e. The molecule has 0 atom stereocenters. The summed E-state index contributed by atoms with van der Waals surface area (Å²) in [6, 6.07) is 5.62. The van der Waals surface area contributed by atoms with E-state index in [4.69, 9.17) is 4.74 Å². The van der Waals surface area contributed by atoms with E-state index in [1.54, 1.807) is 25.2 Å². The van der Waals surface area contributed by atoms with E-state index in [0.29, 0.717) is 35.4 Å². The minimum absolute atomic E-state index is 0.141. The molecule has 0 fully saturated rings. The summed E-state index contributed by atoms with van der Waals surface area (Å²) in [6.45, 7) is 0.433. The van der Waals surface area contributed by atoms with Gasteiger partial charge >= 0.3 is 5.97 Å². The Kier molecular flexibility index (Phi) is 6.04. The van der Waals surface area contributed by atoms with Crippen molar-refractivity contribution in [1.82, 2.24) is 29.9 Å². The van der Waals surface area contributed by atoms with Gasteiger partial charge in [0.25, 0.3) is 0 Å². The zero-order valence-electron chi connectivity index (χ0n) is 15.6. The molecule has 146 valence electrons. The number of ether oxygens (including phenoxy) is 1. The summed E-state index contributed by atoms with van der Waals surface area (Å²) < 4.78 is 7.17. The van der Waals surface area contributed by atoms with Crippen LogP contribution in [0.3, 0.4) is 0 Å². The van der Waals surface area contributed by atoms with Gasteiger partial charge < -0.3 is 15.2 Å². The number of carbonyl (C=O) groups is 1. The summed E-state index contributed by atoms with van der Waals surface area (Å²) >= 11 is 1.31. The summed E-state index contributed by atoms with van der Waals surface area (Å²) in [5.74, 6) is 0.0157. The third kappa shape index (κ3) is 4.19. The first-order valence-electron chi connectivity index (χ1n) is 8.31. The lowest BCUT2D eigenvalue weighted by Gasteiger charge is -2.14. The fourth-order valence-electron chi connectivity index (χ4n) is 2.62. The maximum Gasteiger partial charge on any atom is 0.358 e. The van der Waals surface area contributed by atoms with Crippen molar-refractivity contribution in [3.05, 3.63) is 35.9 Å². The normalized spacial score (nSPS) is 10.7. The van der Waals surface area contributed by atoms with Crippen molar-refractivity contribution in [1.29, 1.82) is 0 Å². The van der Waals surface area contributed by atoms with Gasteiger partial charge in [-0.05, 0) is 18.4 Å². The van der Waals surface area contributed by atoms with Crippen molar-refractivity contribution in [2.45, 2.75) is 11.6 Å². The number of aromatic carboxylic acids is 1. The molecule has 0 spiro atoms. The molecule has 11 heteroatoms. The number of hydrogen-bond acceptors (Lipinski definition) is 9. The molecule has 3 rings (SSSR count). The molecule has 0 saturated heterocycles. The first-order valence-corrected chi connectivity index (χ1v) is 9.53. The molecule has 28 heavy (non-hydrogen) atoms. The molecule has 0 bridgehead atoms. The second-order valence-electron chi connectivity index (χ2n) is 5.70. The van der Waals surface area contributed by atoms with Crippen molar-refractivity contribution in [3.63, 3.8) is 0 Å². The molecule has 1 aromatic carbocycles. The predicted octanol–water partition coefficient (Wildman–Crippen LogP) is 1.75. The highest BCUT2D eigenvalue weighted by molar-refractivity contribution is 7.98. The molecular weight excluding hydrogens is 382 g/mol. The quantitative estimate of drug-likeness (QED) is 0.539. The van der Waals surface area contributed by atoms with E-state index in [1.807, 2.05) is 24.5 Å². The molecule has 3 aromatic rings. The topological polar surface area (TPSA) is 128 Å². The minimum Gasteiger partial charge on any atom is -0.494 e. The summed E-state index contributed by atoms with van der Waals surface area (Å²) in [4.78, 5) is 19.9. The molecule has 10 nitrogen and oxygen atoms in total. The van der Waals surface area contributed by atoms with E-state index >= 15 is 0 Å². The molecule has 0 aliphatic rings. The average molecular weight is 401 g/mol. The van der Waals surface area contributed by atoms with Crippen LogP contribution in [-0.2, 0) is 13.5 Å². The highest BCUT2D eigenvalue weighted by Crippen LogP contribution is 2.34. The molecule has 0 saturated carbocycles. The Labute approximate surface area is 165 Å². The van der Waals surface area contributed by atoms with Crippen molar-refractivity contribution in [2.75, 3.05) is 25.2 Å². The van der Waals surface area contributed by atoms with Crippen LogP contribution in [0.25, 0.3) is 11.4 Å². The van der Waals surface area contributed by atoms with Gasteiger partial charge in [0, 0.05) is 20.0 Å². The van der Waals surface area contributed by atoms with Crippen LogP contribution in [0.1, 0.15) is 16.2 Å². The van der Waals surface area contributed by atoms with E-state index < -0.39 is 5.97 Å². The largest absolute Gasteiger partial charge is 0.494 e. The van der Waals surface area contributed by atoms with Crippen LogP contribution in [0, 0.1) is 0 Å². The fourth-order valence-corrected chi connectivity index (χ4v) is 2.94. The maximum atomic E-state index is 11.4. The van der Waals surface area contributed by atoms with Gasteiger partial charge in [0.05, 0.1) is 24.1 Å². The van der Waals surface area contributed by atoms with Crippen LogP contribution in [0.4, 0.5) is 5.69 Å². The Balaban J connectivity index is 1.80. The molecule has 2 N–H and O–H groups in total. The molecule has 0 aliphatic carbocycles. The van der Waals surface area contributed by atoms with Gasteiger partial charge in [0.15, 0.2) is 17.3 Å². The van der Waals surface area contributed by atoms with Crippen LogP contribution < -0.4 is 10.1 Å². The minimum atomic E-state index is -1.15. The van der Waals surface area contributed by atoms with Gasteiger partial charge in [0.2, 0.25) is 5.16 Å². The second-order valence-corrected chi connectivity index (χ2v) is 6.48. The number of hydrogen-bond donors (Lipinski definition) is 2. The molecule has 0 unspecified atom stereocenters. The lowest BCUT2D eigenvalue weighted by Crippen LogP contribution is -2.15. The second kappa shape index (κ2) is 8.65. The summed E-state index contributed by atoms with van der Waals surface area (Å²) in [5, 5.41) is 24.8. The number of nitrogens with zero attached hydrogens (tertiary/aromatic N) is 6. The number of nitrogens with one attached hydrogen (secondary N) is 1. The van der Waals surface area contributed by atoms with E-state index in [1.165, 1.54) is 11.8 Å². The number of aromatic nitrogens is 6. The zero-order chi connectivity index (χ0) is 20.1. The molecule has 0 radical (unpaired) electrons. The van der Waals surface area contributed by atoms with Gasteiger partial charge in [-0.2, -0.15) is 5.10 Å². The Morgan fingerprint density at radius 2 is 2.18 bits per heavy atom. The molecule has 0 aliphatic heterocycles. The number of para-hydroxylation sites is 1. The van der Waals surface area contributed by atoms with Gasteiger partial charge in [-0.1, -0.05) is 17.8 Å². The highest BCUT2D eigenvalue weighted by atomic mass is 32.2. The van der Waals surface area contributed by atoms with Crippen LogP contribution in [0.2, 0.25) is 0 Å². The number of benzene rings is 1. The van der Waals surface area contributed by atoms with Crippen molar-refractivity contribution in [3.8, 4) is 17.1 Å². The van der Waals surface area contributed by atoms with Gasteiger partial charge in [-0.15, -0.1) is 10.2 Å². The number of carboxylic acid groups (broad SMARTS) is 1. The van der Waals surface area contributed by atoms with E-state index in [-0.39, 0.29) is 5.69 Å². The van der Waals surface area contributed by atoms with Crippen molar-refractivity contribution in [2.24, 2.45) is 7.05 Å². The summed E-state index contributed by atoms with van der Waals surface area (Å²) in [7, 11) is 3.37.